The van der Waals surface area contributed by atoms with Crippen molar-refractivity contribution in [3.8, 4) is 0 Å². The first-order valence-corrected chi connectivity index (χ1v) is 10.1. The minimum absolute atomic E-state index is 0.244. The molecule has 5 nitrogen and oxygen atoms in total. The standard InChI is InChI=1S/C26H21N3O2/c1-18-13-14-25(31-18)26(30)28-27-15-21-17-29(24-12-5-4-11-23(21)24)16-20-9-6-8-19-7-2-3-10-22(19)20/h2-15,17H,16H2,1H3,(H,28,30)/b27-15-. The largest absolute Gasteiger partial charge is 0.456 e. The summed E-state index contributed by atoms with van der Waals surface area (Å²) in [4.78, 5) is 12.2. The number of hydrazone groups is 1. The lowest BCUT2D eigenvalue weighted by Gasteiger charge is -2.09. The Bertz CT molecular complexity index is 1420. The van der Waals surface area contributed by atoms with E-state index < -0.39 is 0 Å². The van der Waals surface area contributed by atoms with Crippen LogP contribution in [0.15, 0.2) is 94.6 Å². The Morgan fingerprint density at radius 2 is 1.74 bits per heavy atom. The molecule has 0 atom stereocenters. The second kappa shape index (κ2) is 7.95. The van der Waals surface area contributed by atoms with Crippen molar-refractivity contribution in [2.75, 3.05) is 0 Å². The minimum Gasteiger partial charge on any atom is -0.456 e. The number of hydrogen-bond donors (Lipinski definition) is 1. The van der Waals surface area contributed by atoms with Crippen molar-refractivity contribution in [2.24, 2.45) is 5.10 Å². The van der Waals surface area contributed by atoms with Crippen LogP contribution in [0.5, 0.6) is 0 Å². The van der Waals surface area contributed by atoms with E-state index in [9.17, 15) is 4.79 Å². The number of hydrogen-bond acceptors (Lipinski definition) is 3. The molecule has 0 aliphatic carbocycles. The summed E-state index contributed by atoms with van der Waals surface area (Å²) < 4.78 is 7.55. The van der Waals surface area contributed by atoms with Crippen molar-refractivity contribution in [2.45, 2.75) is 13.5 Å². The number of amides is 1. The summed E-state index contributed by atoms with van der Waals surface area (Å²) in [5, 5.41) is 7.71. The smallest absolute Gasteiger partial charge is 0.307 e. The molecular formula is C26H21N3O2. The average molecular weight is 407 g/mol. The molecule has 1 amide bonds. The Kier molecular flexibility index (Phi) is 4.84. The zero-order valence-electron chi connectivity index (χ0n) is 17.1. The second-order valence-electron chi connectivity index (χ2n) is 7.48. The van der Waals surface area contributed by atoms with Crippen LogP contribution in [0.1, 0.15) is 27.4 Å². The highest BCUT2D eigenvalue weighted by Gasteiger charge is 2.10. The Labute approximate surface area is 179 Å². The third-order valence-electron chi connectivity index (χ3n) is 5.37. The van der Waals surface area contributed by atoms with E-state index >= 15 is 0 Å². The maximum Gasteiger partial charge on any atom is 0.307 e. The number of carbonyl (C=O) groups excluding carboxylic acids is 1. The van der Waals surface area contributed by atoms with Gasteiger partial charge in [-0.2, -0.15) is 5.10 Å². The Morgan fingerprint density at radius 1 is 0.968 bits per heavy atom. The molecule has 0 unspecified atom stereocenters. The van der Waals surface area contributed by atoms with E-state index in [1.54, 1.807) is 25.3 Å². The maximum atomic E-state index is 12.2. The van der Waals surface area contributed by atoms with Crippen LogP contribution < -0.4 is 5.43 Å². The minimum atomic E-state index is -0.371. The Hall–Kier alpha value is -4.12. The molecule has 0 aliphatic rings. The highest BCUT2D eigenvalue weighted by Crippen LogP contribution is 2.24. The van der Waals surface area contributed by atoms with E-state index in [1.807, 2.05) is 12.1 Å². The van der Waals surface area contributed by atoms with Gasteiger partial charge in [-0.3, -0.25) is 4.79 Å². The number of aryl methyl sites for hydroxylation is 1. The van der Waals surface area contributed by atoms with Gasteiger partial charge in [-0.15, -0.1) is 0 Å². The van der Waals surface area contributed by atoms with E-state index in [0.717, 1.165) is 23.0 Å². The summed E-state index contributed by atoms with van der Waals surface area (Å²) in [6, 6.07) is 26.4. The maximum absolute atomic E-state index is 12.2. The number of carbonyl (C=O) groups is 1. The Morgan fingerprint density at radius 3 is 2.58 bits per heavy atom. The molecule has 1 N–H and O–H groups in total. The number of nitrogens with zero attached hydrogens (tertiary/aromatic N) is 2. The molecule has 5 heteroatoms. The van der Waals surface area contributed by atoms with E-state index in [2.05, 4.69) is 75.9 Å². The lowest BCUT2D eigenvalue weighted by atomic mass is 10.0. The van der Waals surface area contributed by atoms with Gasteiger partial charge >= 0.3 is 5.91 Å². The molecule has 0 bridgehead atoms. The molecule has 0 saturated carbocycles. The van der Waals surface area contributed by atoms with Crippen LogP contribution in [0.4, 0.5) is 0 Å². The van der Waals surface area contributed by atoms with Crippen LogP contribution in [0.2, 0.25) is 0 Å². The van der Waals surface area contributed by atoms with Crippen LogP contribution in [0, 0.1) is 6.92 Å². The number of furan rings is 1. The van der Waals surface area contributed by atoms with Crippen molar-refractivity contribution in [3.05, 3.63) is 108 Å². The summed E-state index contributed by atoms with van der Waals surface area (Å²) in [5.74, 6) is 0.558. The van der Waals surface area contributed by atoms with Gasteiger partial charge in [0.1, 0.15) is 5.76 Å². The van der Waals surface area contributed by atoms with Gasteiger partial charge in [0, 0.05) is 29.2 Å². The van der Waals surface area contributed by atoms with Crippen molar-refractivity contribution < 1.29 is 9.21 Å². The monoisotopic (exact) mass is 407 g/mol. The molecule has 2 aromatic heterocycles. The van der Waals surface area contributed by atoms with Crippen LogP contribution >= 0.6 is 0 Å². The molecule has 0 radical (unpaired) electrons. The number of fused-ring (bicyclic) bond motifs is 2. The van der Waals surface area contributed by atoms with Gasteiger partial charge in [-0.25, -0.2) is 5.43 Å². The number of nitrogens with one attached hydrogen (secondary N) is 1. The molecule has 152 valence electrons. The van der Waals surface area contributed by atoms with Gasteiger partial charge in [0.05, 0.1) is 6.21 Å². The topological polar surface area (TPSA) is 59.5 Å². The van der Waals surface area contributed by atoms with Crippen molar-refractivity contribution in [3.63, 3.8) is 0 Å². The predicted octanol–water partition coefficient (Wildman–Crippen LogP) is 5.51. The number of rotatable bonds is 5. The normalized spacial score (nSPS) is 11.5. The van der Waals surface area contributed by atoms with Gasteiger partial charge in [0.2, 0.25) is 0 Å². The first-order valence-electron chi connectivity index (χ1n) is 10.1. The first-order chi connectivity index (χ1) is 15.2. The third kappa shape index (κ3) is 3.73. The molecule has 0 spiro atoms. The summed E-state index contributed by atoms with van der Waals surface area (Å²) >= 11 is 0. The van der Waals surface area contributed by atoms with Gasteiger partial charge in [-0.05, 0) is 41.5 Å². The summed E-state index contributed by atoms with van der Waals surface area (Å²) in [6.07, 6.45) is 3.74. The number of aromatic nitrogens is 1. The quantitative estimate of drug-likeness (QED) is 0.309. The highest BCUT2D eigenvalue weighted by molar-refractivity contribution is 6.00. The molecule has 2 heterocycles. The molecule has 0 saturated heterocycles. The van der Waals surface area contributed by atoms with Crippen LogP contribution in [0.25, 0.3) is 21.7 Å². The molecule has 31 heavy (non-hydrogen) atoms. The first kappa shape index (κ1) is 18.9. The molecule has 5 rings (SSSR count). The number of benzene rings is 3. The number of para-hydroxylation sites is 1. The van der Waals surface area contributed by atoms with E-state index in [1.165, 1.54) is 16.3 Å². The van der Waals surface area contributed by atoms with Gasteiger partial charge in [0.15, 0.2) is 5.76 Å². The van der Waals surface area contributed by atoms with Crippen molar-refractivity contribution in [1.29, 1.82) is 0 Å². The molecular weight excluding hydrogens is 386 g/mol. The van der Waals surface area contributed by atoms with E-state index in [0.29, 0.717) is 5.76 Å². The summed E-state index contributed by atoms with van der Waals surface area (Å²) in [7, 11) is 0. The molecule has 0 fully saturated rings. The van der Waals surface area contributed by atoms with Gasteiger partial charge in [-0.1, -0.05) is 60.7 Å². The third-order valence-corrected chi connectivity index (χ3v) is 5.37. The van der Waals surface area contributed by atoms with E-state index in [-0.39, 0.29) is 11.7 Å². The van der Waals surface area contributed by atoms with Gasteiger partial charge < -0.3 is 8.98 Å². The van der Waals surface area contributed by atoms with Crippen molar-refractivity contribution in [1.82, 2.24) is 9.99 Å². The van der Waals surface area contributed by atoms with Crippen LogP contribution in [-0.2, 0) is 6.54 Å². The second-order valence-corrected chi connectivity index (χ2v) is 7.48. The zero-order chi connectivity index (χ0) is 21.2. The van der Waals surface area contributed by atoms with E-state index in [4.69, 9.17) is 4.42 Å². The van der Waals surface area contributed by atoms with Gasteiger partial charge in [0.25, 0.3) is 0 Å². The fraction of sp³-hybridized carbons (Fsp3) is 0.0769. The SMILES string of the molecule is Cc1ccc(C(=O)N/N=C\c2cn(Cc3cccc4ccccc34)c3ccccc23)o1. The average Bonchev–Trinajstić information content (AvgIpc) is 3.38. The molecule has 3 aromatic carbocycles. The highest BCUT2D eigenvalue weighted by atomic mass is 16.3. The van der Waals surface area contributed by atoms with Crippen molar-refractivity contribution >= 4 is 33.8 Å². The summed E-state index contributed by atoms with van der Waals surface area (Å²) in [6.45, 7) is 2.54. The zero-order valence-corrected chi connectivity index (χ0v) is 17.1. The van der Waals surface area contributed by atoms with Crippen LogP contribution in [-0.4, -0.2) is 16.7 Å². The summed E-state index contributed by atoms with van der Waals surface area (Å²) in [5.41, 5.74) is 5.84. The van der Waals surface area contributed by atoms with Crippen LogP contribution in [0.3, 0.4) is 0 Å². The fourth-order valence-electron chi connectivity index (χ4n) is 3.89. The Balaban J connectivity index is 1.45. The molecule has 5 aromatic rings. The lowest BCUT2D eigenvalue weighted by molar-refractivity contribution is 0.0926. The predicted molar refractivity (Wildman–Crippen MR) is 123 cm³/mol. The lowest BCUT2D eigenvalue weighted by Crippen LogP contribution is -2.16. The fourth-order valence-corrected chi connectivity index (χ4v) is 3.89. The molecule has 0 aliphatic heterocycles.